The Hall–Kier alpha value is -2.53. The van der Waals surface area contributed by atoms with E-state index in [-0.39, 0.29) is 30.4 Å². The van der Waals surface area contributed by atoms with Crippen LogP contribution >= 0.6 is 11.6 Å². The van der Waals surface area contributed by atoms with Crippen LogP contribution in [0.5, 0.6) is 5.75 Å². The Morgan fingerprint density at radius 3 is 2.39 bits per heavy atom. The molecule has 0 bridgehead atoms. The molecule has 2 aromatic rings. The molecule has 2 amide bonds. The number of hydrogen-bond acceptors (Lipinski definition) is 3. The van der Waals surface area contributed by atoms with Crippen molar-refractivity contribution in [3.8, 4) is 5.75 Å². The number of benzene rings is 2. The van der Waals surface area contributed by atoms with Crippen LogP contribution in [0.2, 0.25) is 5.02 Å². The number of halogens is 1. The van der Waals surface area contributed by atoms with Crippen LogP contribution < -0.4 is 10.1 Å². The van der Waals surface area contributed by atoms with Gasteiger partial charge in [0.2, 0.25) is 5.91 Å². The molecule has 0 saturated heterocycles. The van der Waals surface area contributed by atoms with Crippen LogP contribution in [0.15, 0.2) is 48.5 Å². The molecule has 0 aliphatic carbocycles. The monoisotopic (exact) mass is 444 g/mol. The van der Waals surface area contributed by atoms with E-state index in [1.807, 2.05) is 49.4 Å². The van der Waals surface area contributed by atoms with Crippen LogP contribution in [-0.4, -0.2) is 35.9 Å². The number of nitrogens with one attached hydrogen (secondary N) is 1. The van der Waals surface area contributed by atoms with Gasteiger partial charge in [-0.2, -0.15) is 0 Å². The lowest BCUT2D eigenvalue weighted by molar-refractivity contribution is -0.142. The molecule has 168 valence electrons. The lowest BCUT2D eigenvalue weighted by Gasteiger charge is -2.29. The Morgan fingerprint density at radius 1 is 1.10 bits per heavy atom. The van der Waals surface area contributed by atoms with Crippen molar-refractivity contribution in [2.75, 3.05) is 13.2 Å². The molecule has 0 heterocycles. The second-order valence-corrected chi connectivity index (χ2v) is 9.02. The molecule has 1 N–H and O–H groups in total. The highest BCUT2D eigenvalue weighted by Gasteiger charge is 2.27. The molecule has 2 rings (SSSR count). The first-order valence-electron chi connectivity index (χ1n) is 10.7. The van der Waals surface area contributed by atoms with Crippen molar-refractivity contribution in [2.45, 2.75) is 59.0 Å². The fourth-order valence-electron chi connectivity index (χ4n) is 3.22. The molecule has 2 aromatic carbocycles. The maximum absolute atomic E-state index is 13.2. The van der Waals surface area contributed by atoms with Crippen LogP contribution in [0.3, 0.4) is 0 Å². The first-order chi connectivity index (χ1) is 14.6. The maximum Gasteiger partial charge on any atom is 0.261 e. The molecule has 0 radical (unpaired) electrons. The number of nitrogens with zero attached hydrogens (tertiary/aromatic N) is 1. The van der Waals surface area contributed by atoms with E-state index >= 15 is 0 Å². The molecule has 0 aliphatic heterocycles. The number of rotatable bonds is 9. The fourth-order valence-corrected chi connectivity index (χ4v) is 3.42. The topological polar surface area (TPSA) is 58.6 Å². The molecule has 0 saturated carbocycles. The third-order valence-electron chi connectivity index (χ3n) is 5.06. The third-order valence-corrected chi connectivity index (χ3v) is 5.43. The van der Waals surface area contributed by atoms with Crippen molar-refractivity contribution in [1.29, 1.82) is 0 Å². The Balaban J connectivity index is 2.22. The predicted octanol–water partition coefficient (Wildman–Crippen LogP) is 4.96. The minimum Gasteiger partial charge on any atom is -0.483 e. The standard InChI is InChI=1S/C25H33ClN2O3/c1-6-15-27-24(30)18(2)28(16-19-11-7-9-13-21(19)26)23(29)17-31-22-14-10-8-12-20(22)25(3,4)5/h7-14,18H,6,15-17H2,1-5H3,(H,27,30)/t18-/m1/s1. The van der Waals surface area contributed by atoms with Crippen LogP contribution in [0.25, 0.3) is 0 Å². The van der Waals surface area contributed by atoms with Crippen molar-refractivity contribution in [1.82, 2.24) is 10.2 Å². The second kappa shape index (κ2) is 11.2. The molecule has 0 fully saturated rings. The van der Waals surface area contributed by atoms with Crippen LogP contribution in [0.1, 0.15) is 52.2 Å². The Labute approximate surface area is 190 Å². The van der Waals surface area contributed by atoms with Crippen LogP contribution in [-0.2, 0) is 21.5 Å². The maximum atomic E-state index is 13.2. The molecule has 5 nitrogen and oxygen atoms in total. The molecule has 0 unspecified atom stereocenters. The first kappa shape index (κ1) is 24.7. The molecular formula is C25H33ClN2O3. The van der Waals surface area contributed by atoms with E-state index in [0.717, 1.165) is 17.5 Å². The third kappa shape index (κ3) is 7.00. The molecule has 0 aromatic heterocycles. The second-order valence-electron chi connectivity index (χ2n) is 8.61. The van der Waals surface area contributed by atoms with Gasteiger partial charge in [-0.15, -0.1) is 0 Å². The van der Waals surface area contributed by atoms with Gasteiger partial charge < -0.3 is 15.0 Å². The van der Waals surface area contributed by atoms with Crippen molar-refractivity contribution in [3.63, 3.8) is 0 Å². The van der Waals surface area contributed by atoms with Gasteiger partial charge in [-0.3, -0.25) is 9.59 Å². The van der Waals surface area contributed by atoms with Gasteiger partial charge >= 0.3 is 0 Å². The van der Waals surface area contributed by atoms with Gasteiger partial charge in [0.1, 0.15) is 11.8 Å². The number of amides is 2. The Kier molecular flexibility index (Phi) is 8.93. The van der Waals surface area contributed by atoms with Gasteiger partial charge in [-0.1, -0.05) is 75.7 Å². The largest absolute Gasteiger partial charge is 0.483 e. The molecule has 0 spiro atoms. The summed E-state index contributed by atoms with van der Waals surface area (Å²) in [5, 5.41) is 3.42. The number of hydrogen-bond donors (Lipinski definition) is 1. The summed E-state index contributed by atoms with van der Waals surface area (Å²) in [7, 11) is 0. The van der Waals surface area contributed by atoms with Gasteiger partial charge in [0.25, 0.3) is 5.91 Å². The summed E-state index contributed by atoms with van der Waals surface area (Å²) >= 11 is 6.32. The van der Waals surface area contributed by atoms with E-state index in [0.29, 0.717) is 17.3 Å². The van der Waals surface area contributed by atoms with Gasteiger partial charge in [-0.05, 0) is 42.0 Å². The summed E-state index contributed by atoms with van der Waals surface area (Å²) in [6.45, 7) is 10.6. The van der Waals surface area contributed by atoms with Gasteiger partial charge in [-0.25, -0.2) is 0 Å². The van der Waals surface area contributed by atoms with Crippen molar-refractivity contribution >= 4 is 23.4 Å². The van der Waals surface area contributed by atoms with E-state index in [4.69, 9.17) is 16.3 Å². The minimum atomic E-state index is -0.656. The number of ether oxygens (including phenoxy) is 1. The van der Waals surface area contributed by atoms with Crippen molar-refractivity contribution < 1.29 is 14.3 Å². The first-order valence-corrected chi connectivity index (χ1v) is 11.1. The summed E-state index contributed by atoms with van der Waals surface area (Å²) < 4.78 is 5.93. The molecular weight excluding hydrogens is 412 g/mol. The number of carbonyl (C=O) groups excluding carboxylic acids is 2. The average molecular weight is 445 g/mol. The lowest BCUT2D eigenvalue weighted by atomic mass is 9.86. The van der Waals surface area contributed by atoms with Crippen molar-refractivity contribution in [3.05, 3.63) is 64.7 Å². The smallest absolute Gasteiger partial charge is 0.261 e. The highest BCUT2D eigenvalue weighted by Crippen LogP contribution is 2.31. The summed E-state index contributed by atoms with van der Waals surface area (Å²) in [5.74, 6) is 0.198. The van der Waals surface area contributed by atoms with Crippen molar-refractivity contribution in [2.24, 2.45) is 0 Å². The zero-order chi connectivity index (χ0) is 23.0. The average Bonchev–Trinajstić information content (AvgIpc) is 2.74. The van der Waals surface area contributed by atoms with Crippen LogP contribution in [0.4, 0.5) is 0 Å². The quantitative estimate of drug-likeness (QED) is 0.594. The van der Waals surface area contributed by atoms with Crippen LogP contribution in [0, 0.1) is 0 Å². The Morgan fingerprint density at radius 2 is 1.74 bits per heavy atom. The zero-order valence-corrected chi connectivity index (χ0v) is 19.8. The summed E-state index contributed by atoms with van der Waals surface area (Å²) in [6, 6.07) is 14.4. The van der Waals surface area contributed by atoms with E-state index in [9.17, 15) is 9.59 Å². The van der Waals surface area contributed by atoms with E-state index < -0.39 is 6.04 Å². The minimum absolute atomic E-state index is 0.121. The van der Waals surface area contributed by atoms with Gasteiger partial charge in [0.05, 0.1) is 0 Å². The lowest BCUT2D eigenvalue weighted by Crippen LogP contribution is -2.49. The highest BCUT2D eigenvalue weighted by molar-refractivity contribution is 6.31. The summed E-state index contributed by atoms with van der Waals surface area (Å²) in [4.78, 5) is 27.3. The number of para-hydroxylation sites is 1. The van der Waals surface area contributed by atoms with Gasteiger partial charge in [0, 0.05) is 18.1 Å². The fraction of sp³-hybridized carbons (Fsp3) is 0.440. The Bertz CT molecular complexity index is 892. The SMILES string of the molecule is CCCNC(=O)[C@@H](C)N(Cc1ccccc1Cl)C(=O)COc1ccccc1C(C)(C)C. The number of carbonyl (C=O) groups is 2. The van der Waals surface area contributed by atoms with Gasteiger partial charge in [0.15, 0.2) is 6.61 Å². The molecule has 31 heavy (non-hydrogen) atoms. The normalized spacial score (nSPS) is 12.2. The summed E-state index contributed by atoms with van der Waals surface area (Å²) in [5.41, 5.74) is 1.68. The van der Waals surface area contributed by atoms with E-state index in [1.165, 1.54) is 4.90 Å². The molecule has 0 aliphatic rings. The molecule has 1 atom stereocenters. The highest BCUT2D eigenvalue weighted by atomic mass is 35.5. The van der Waals surface area contributed by atoms with E-state index in [2.05, 4.69) is 26.1 Å². The predicted molar refractivity (Wildman–Crippen MR) is 125 cm³/mol. The summed E-state index contributed by atoms with van der Waals surface area (Å²) in [6.07, 6.45) is 0.823. The molecule has 6 heteroatoms. The van der Waals surface area contributed by atoms with E-state index in [1.54, 1.807) is 13.0 Å². The zero-order valence-electron chi connectivity index (χ0n) is 19.1.